The van der Waals surface area contributed by atoms with Crippen molar-refractivity contribution in [2.45, 2.75) is 0 Å². The van der Waals surface area contributed by atoms with E-state index in [1.807, 2.05) is 72.8 Å². The Balaban J connectivity index is 1.27. The van der Waals surface area contributed by atoms with Gasteiger partial charge in [-0.05, 0) is 71.8 Å². The van der Waals surface area contributed by atoms with Crippen molar-refractivity contribution in [3.8, 4) is 56.8 Å². The van der Waals surface area contributed by atoms with E-state index in [1.165, 1.54) is 0 Å². The number of para-hydroxylation sites is 2. The van der Waals surface area contributed by atoms with Gasteiger partial charge in [-0.3, -0.25) is 0 Å². The number of nitrogens with zero attached hydrogens (tertiary/aromatic N) is 4. The number of fused-ring (bicyclic) bond motifs is 6. The number of furan rings is 1. The summed E-state index contributed by atoms with van der Waals surface area (Å²) in [5.41, 5.74) is 12.1. The fourth-order valence-corrected chi connectivity index (χ4v) is 7.33. The van der Waals surface area contributed by atoms with Crippen LogP contribution in [0.5, 0.6) is 0 Å². The molecule has 242 valence electrons. The third-order valence-electron chi connectivity index (χ3n) is 9.82. The van der Waals surface area contributed by atoms with Gasteiger partial charge in [0.25, 0.3) is 0 Å². The van der Waals surface area contributed by atoms with Crippen molar-refractivity contribution >= 4 is 43.7 Å². The Hall–Kier alpha value is -7.29. The monoisotopic (exact) mass is 664 g/mol. The normalized spacial score (nSPS) is 11.4. The van der Waals surface area contributed by atoms with Crippen LogP contribution in [0, 0.1) is 11.3 Å². The zero-order valence-corrected chi connectivity index (χ0v) is 27.9. The first-order chi connectivity index (χ1) is 25.7. The predicted octanol–water partition coefficient (Wildman–Crippen LogP) is 12.0. The number of benzene rings is 7. The van der Waals surface area contributed by atoms with Gasteiger partial charge in [0, 0.05) is 43.9 Å². The predicted molar refractivity (Wildman–Crippen MR) is 210 cm³/mol. The van der Waals surface area contributed by atoms with Crippen LogP contribution in [0.15, 0.2) is 174 Å². The van der Waals surface area contributed by atoms with Gasteiger partial charge in [0.2, 0.25) is 0 Å². The lowest BCUT2D eigenvalue weighted by Gasteiger charge is -2.15. The molecule has 7 aromatic carbocycles. The Labute approximate surface area is 299 Å². The molecule has 0 spiro atoms. The molecular weight excluding hydrogens is 637 g/mol. The van der Waals surface area contributed by atoms with E-state index in [9.17, 15) is 5.26 Å². The van der Waals surface area contributed by atoms with Gasteiger partial charge in [0.1, 0.15) is 11.2 Å². The van der Waals surface area contributed by atoms with Crippen LogP contribution in [0.4, 0.5) is 0 Å². The first-order valence-corrected chi connectivity index (χ1v) is 17.2. The lowest BCUT2D eigenvalue weighted by Crippen LogP contribution is -1.99. The van der Waals surface area contributed by atoms with Crippen LogP contribution >= 0.6 is 0 Å². The Morgan fingerprint density at radius 1 is 0.442 bits per heavy atom. The highest BCUT2D eigenvalue weighted by Crippen LogP contribution is 2.40. The van der Waals surface area contributed by atoms with Crippen molar-refractivity contribution in [3.05, 3.63) is 175 Å². The van der Waals surface area contributed by atoms with Crippen molar-refractivity contribution in [2.75, 3.05) is 0 Å². The third kappa shape index (κ3) is 4.93. The summed E-state index contributed by atoms with van der Waals surface area (Å²) in [7, 11) is 0. The van der Waals surface area contributed by atoms with Gasteiger partial charge < -0.3 is 8.98 Å². The van der Waals surface area contributed by atoms with E-state index in [-0.39, 0.29) is 0 Å². The Bertz CT molecular complexity index is 2950. The molecule has 0 amide bonds. The van der Waals surface area contributed by atoms with Gasteiger partial charge in [-0.1, -0.05) is 109 Å². The molecule has 0 unspecified atom stereocenters. The average Bonchev–Trinajstić information content (AvgIpc) is 3.75. The molecule has 0 saturated heterocycles. The van der Waals surface area contributed by atoms with Crippen LogP contribution in [0.1, 0.15) is 5.56 Å². The van der Waals surface area contributed by atoms with Crippen LogP contribution < -0.4 is 0 Å². The van der Waals surface area contributed by atoms with E-state index in [0.717, 1.165) is 88.6 Å². The quantitative estimate of drug-likeness (QED) is 0.184. The molecule has 5 nitrogen and oxygen atoms in total. The minimum atomic E-state index is 0.616. The van der Waals surface area contributed by atoms with Crippen LogP contribution in [0.25, 0.3) is 94.5 Å². The van der Waals surface area contributed by atoms with Crippen LogP contribution in [-0.4, -0.2) is 14.5 Å². The number of nitriles is 1. The van der Waals surface area contributed by atoms with Gasteiger partial charge in [-0.2, -0.15) is 5.26 Å². The molecule has 0 aliphatic carbocycles. The fourth-order valence-electron chi connectivity index (χ4n) is 7.33. The molecule has 10 aromatic rings. The second-order valence-corrected chi connectivity index (χ2v) is 13.0. The first-order valence-electron chi connectivity index (χ1n) is 17.2. The molecule has 52 heavy (non-hydrogen) atoms. The minimum Gasteiger partial charge on any atom is -0.456 e. The summed E-state index contributed by atoms with van der Waals surface area (Å²) in [6, 6.07) is 60.2. The standard InChI is InChI=1S/C47H28N4O/c48-29-30-19-21-31(22-20-30)34-23-35(47-49-41(32-11-3-1-4-12-32)28-42(50-47)33-13-5-2-6-14-33)25-36(24-34)51-43-17-9-7-15-37(43)39-27-46-40(26-44(39)51)38-16-8-10-18-45(38)52-46/h1-28H. The number of hydrogen-bond donors (Lipinski definition) is 0. The fraction of sp³-hybridized carbons (Fsp3) is 0. The molecule has 0 atom stereocenters. The topological polar surface area (TPSA) is 67.6 Å². The molecule has 0 saturated carbocycles. The lowest BCUT2D eigenvalue weighted by atomic mass is 9.99. The second kappa shape index (κ2) is 11.9. The molecule has 0 aliphatic heterocycles. The second-order valence-electron chi connectivity index (χ2n) is 13.0. The zero-order chi connectivity index (χ0) is 34.6. The van der Waals surface area contributed by atoms with Gasteiger partial charge in [-0.15, -0.1) is 0 Å². The highest BCUT2D eigenvalue weighted by atomic mass is 16.3. The Morgan fingerprint density at radius 3 is 1.79 bits per heavy atom. The highest BCUT2D eigenvalue weighted by molar-refractivity contribution is 6.17. The Morgan fingerprint density at radius 2 is 1.08 bits per heavy atom. The van der Waals surface area contributed by atoms with E-state index < -0.39 is 0 Å². The smallest absolute Gasteiger partial charge is 0.160 e. The molecular formula is C47H28N4O. The maximum Gasteiger partial charge on any atom is 0.160 e. The number of hydrogen-bond acceptors (Lipinski definition) is 4. The molecule has 10 rings (SSSR count). The summed E-state index contributed by atoms with van der Waals surface area (Å²) in [6.45, 7) is 0. The third-order valence-corrected chi connectivity index (χ3v) is 9.82. The highest BCUT2D eigenvalue weighted by Gasteiger charge is 2.19. The summed E-state index contributed by atoms with van der Waals surface area (Å²) in [5.74, 6) is 0.626. The summed E-state index contributed by atoms with van der Waals surface area (Å²) in [5, 5.41) is 14.0. The van der Waals surface area contributed by atoms with Gasteiger partial charge in [-0.25, -0.2) is 9.97 Å². The van der Waals surface area contributed by atoms with Crippen molar-refractivity contribution in [3.63, 3.8) is 0 Å². The summed E-state index contributed by atoms with van der Waals surface area (Å²) >= 11 is 0. The van der Waals surface area contributed by atoms with E-state index in [2.05, 4.69) is 108 Å². The number of aromatic nitrogens is 3. The Kier molecular flexibility index (Phi) is 6.80. The number of rotatable bonds is 5. The molecule has 0 N–H and O–H groups in total. The summed E-state index contributed by atoms with van der Waals surface area (Å²) < 4.78 is 8.68. The van der Waals surface area contributed by atoms with Crippen LogP contribution in [0.3, 0.4) is 0 Å². The van der Waals surface area contributed by atoms with E-state index in [1.54, 1.807) is 0 Å². The van der Waals surface area contributed by atoms with Crippen molar-refractivity contribution < 1.29 is 4.42 Å². The molecule has 3 aromatic heterocycles. The molecule has 5 heteroatoms. The molecule has 0 aliphatic rings. The van der Waals surface area contributed by atoms with E-state index >= 15 is 0 Å². The summed E-state index contributed by atoms with van der Waals surface area (Å²) in [4.78, 5) is 10.4. The molecule has 0 fully saturated rings. The maximum absolute atomic E-state index is 9.55. The van der Waals surface area contributed by atoms with Crippen molar-refractivity contribution in [1.29, 1.82) is 5.26 Å². The maximum atomic E-state index is 9.55. The SMILES string of the molecule is N#Cc1ccc(-c2cc(-c3nc(-c4ccccc4)cc(-c4ccccc4)n3)cc(-n3c4ccccc4c4cc5oc6ccccc6c5cc43)c2)cc1. The molecule has 0 radical (unpaired) electrons. The van der Waals surface area contributed by atoms with E-state index in [0.29, 0.717) is 11.4 Å². The van der Waals surface area contributed by atoms with Crippen LogP contribution in [-0.2, 0) is 0 Å². The van der Waals surface area contributed by atoms with Gasteiger partial charge in [0.05, 0.1) is 34.1 Å². The summed E-state index contributed by atoms with van der Waals surface area (Å²) in [6.07, 6.45) is 0. The largest absolute Gasteiger partial charge is 0.456 e. The first kappa shape index (κ1) is 29.6. The minimum absolute atomic E-state index is 0.616. The molecule has 3 heterocycles. The zero-order valence-electron chi connectivity index (χ0n) is 27.9. The van der Waals surface area contributed by atoms with Gasteiger partial charge >= 0.3 is 0 Å². The average molecular weight is 665 g/mol. The van der Waals surface area contributed by atoms with Crippen LogP contribution in [0.2, 0.25) is 0 Å². The van der Waals surface area contributed by atoms with Crippen molar-refractivity contribution in [2.24, 2.45) is 0 Å². The lowest BCUT2D eigenvalue weighted by molar-refractivity contribution is 0.669. The molecule has 0 bridgehead atoms. The van der Waals surface area contributed by atoms with Crippen molar-refractivity contribution in [1.82, 2.24) is 14.5 Å². The van der Waals surface area contributed by atoms with Gasteiger partial charge in [0.15, 0.2) is 5.82 Å². The van der Waals surface area contributed by atoms with E-state index in [4.69, 9.17) is 14.4 Å².